The molecule has 1 atom stereocenters. The number of likely N-dealkylation sites (tertiary alicyclic amines) is 1. The minimum atomic E-state index is -0.314. The van der Waals surface area contributed by atoms with Crippen molar-refractivity contribution in [1.29, 1.82) is 0 Å². The summed E-state index contributed by atoms with van der Waals surface area (Å²) in [6.07, 6.45) is 9.29. The molecule has 1 aliphatic heterocycles. The molecule has 0 unspecified atom stereocenters. The maximum absolute atomic E-state index is 13.0. The number of oxazole rings is 1. The van der Waals surface area contributed by atoms with Crippen LogP contribution in [0.4, 0.5) is 5.69 Å². The summed E-state index contributed by atoms with van der Waals surface area (Å²) in [6.45, 7) is 11.2. The maximum Gasteiger partial charge on any atom is 0.272 e. The fourth-order valence-electron chi connectivity index (χ4n) is 3.92. The molecule has 3 aromatic rings. The number of hydrogen-bond donors (Lipinski definition) is 1. The normalized spacial score (nSPS) is 16.1. The number of hydrogen-bond acceptors (Lipinski definition) is 8. The molecule has 3 aromatic heterocycles. The molecule has 0 radical (unpaired) electrons. The monoisotopic (exact) mass is 525 g/mol. The topological polar surface area (TPSA) is 101 Å². The van der Waals surface area contributed by atoms with Gasteiger partial charge in [0.15, 0.2) is 0 Å². The van der Waals surface area contributed by atoms with Gasteiger partial charge in [-0.1, -0.05) is 27.4 Å². The van der Waals surface area contributed by atoms with Crippen LogP contribution in [0.5, 0.6) is 0 Å². The minimum Gasteiger partial charge on any atom is -0.444 e. The molecule has 0 aliphatic carbocycles. The first-order chi connectivity index (χ1) is 17.2. The Balaban J connectivity index is 1.29. The zero-order valence-corrected chi connectivity index (χ0v) is 22.5. The van der Waals surface area contributed by atoms with E-state index in [0.29, 0.717) is 29.6 Å². The third-order valence-electron chi connectivity index (χ3n) is 5.87. The summed E-state index contributed by atoms with van der Waals surface area (Å²) < 4.78 is 7.02. The van der Waals surface area contributed by atoms with Gasteiger partial charge in [0.05, 0.1) is 39.2 Å². The lowest BCUT2D eigenvalue weighted by Crippen LogP contribution is -2.40. The summed E-state index contributed by atoms with van der Waals surface area (Å²) in [5.41, 5.74) is 0.856. The Morgan fingerprint density at radius 3 is 2.78 bits per heavy atom. The van der Waals surface area contributed by atoms with Crippen LogP contribution >= 0.6 is 23.1 Å². The largest absolute Gasteiger partial charge is 0.444 e. The number of anilines is 1. The summed E-state index contributed by atoms with van der Waals surface area (Å²) >= 11 is 3.38. The summed E-state index contributed by atoms with van der Waals surface area (Å²) in [6, 6.07) is 3.33. The Labute approximate surface area is 219 Å². The van der Waals surface area contributed by atoms with Crippen LogP contribution < -0.4 is 5.32 Å². The van der Waals surface area contributed by atoms with Crippen molar-refractivity contribution in [2.24, 2.45) is 5.92 Å². The van der Waals surface area contributed by atoms with E-state index < -0.39 is 0 Å². The van der Waals surface area contributed by atoms with E-state index in [1.165, 1.54) is 12.3 Å². The van der Waals surface area contributed by atoms with E-state index in [2.05, 4.69) is 47.6 Å². The number of aromatic nitrogens is 3. The SMILES string of the molecule is C=CC(=O)Nc1ccc(C(=O)N2CCC[C@@H](Cc3ncc(SCc4ncc(C(C)(C)C)o4)s3)C2)nc1. The lowest BCUT2D eigenvalue weighted by molar-refractivity contribution is -0.111. The van der Waals surface area contributed by atoms with Crippen molar-refractivity contribution in [3.63, 3.8) is 0 Å². The number of amides is 2. The first-order valence-corrected chi connectivity index (χ1v) is 13.7. The first-order valence-electron chi connectivity index (χ1n) is 11.9. The smallest absolute Gasteiger partial charge is 0.272 e. The molecular formula is C26H31N5O3S2. The maximum atomic E-state index is 13.0. The number of carbonyl (C=O) groups excluding carboxylic acids is 2. The highest BCUT2D eigenvalue weighted by molar-refractivity contribution is 8.00. The van der Waals surface area contributed by atoms with Crippen molar-refractivity contribution in [1.82, 2.24) is 19.9 Å². The van der Waals surface area contributed by atoms with Gasteiger partial charge >= 0.3 is 0 Å². The summed E-state index contributed by atoms with van der Waals surface area (Å²) in [5, 5.41) is 3.72. The van der Waals surface area contributed by atoms with Crippen molar-refractivity contribution in [3.8, 4) is 0 Å². The Morgan fingerprint density at radius 2 is 2.08 bits per heavy atom. The van der Waals surface area contributed by atoms with Gasteiger partial charge in [0, 0.05) is 24.9 Å². The summed E-state index contributed by atoms with van der Waals surface area (Å²) in [4.78, 5) is 39.6. The average molecular weight is 526 g/mol. The van der Waals surface area contributed by atoms with Gasteiger partial charge in [-0.2, -0.15) is 0 Å². The molecule has 0 aromatic carbocycles. The highest BCUT2D eigenvalue weighted by Crippen LogP contribution is 2.32. The molecule has 1 saturated heterocycles. The second kappa shape index (κ2) is 11.4. The fraction of sp³-hybridized carbons (Fsp3) is 0.423. The standard InChI is InChI=1S/C26H31N5O3S2/c1-5-21(32)30-18-8-9-19(27-12-18)25(33)31-10-6-7-17(15-31)11-23-29-14-24(36-23)35-16-22-28-13-20(34-22)26(2,3)4/h5,8-9,12-14,17H,1,6-7,10-11,15-16H2,2-4H3,(H,30,32)/t17-/m0/s1. The van der Waals surface area contributed by atoms with Crippen molar-refractivity contribution in [2.45, 2.75) is 55.4 Å². The van der Waals surface area contributed by atoms with Crippen molar-refractivity contribution >= 4 is 40.6 Å². The number of thioether (sulfide) groups is 1. The number of nitrogens with zero attached hydrogens (tertiary/aromatic N) is 4. The van der Waals surface area contributed by atoms with E-state index in [1.807, 2.05) is 17.3 Å². The van der Waals surface area contributed by atoms with Gasteiger partial charge in [0.25, 0.3) is 5.91 Å². The molecular weight excluding hydrogens is 494 g/mol. The van der Waals surface area contributed by atoms with Crippen LogP contribution in [0.2, 0.25) is 0 Å². The van der Waals surface area contributed by atoms with Gasteiger partial charge in [-0.15, -0.1) is 23.1 Å². The van der Waals surface area contributed by atoms with Crippen LogP contribution in [0, 0.1) is 5.92 Å². The molecule has 190 valence electrons. The van der Waals surface area contributed by atoms with Crippen molar-refractivity contribution in [3.05, 3.63) is 65.7 Å². The highest BCUT2D eigenvalue weighted by atomic mass is 32.2. The molecule has 36 heavy (non-hydrogen) atoms. The molecule has 0 bridgehead atoms. The number of thiazole rings is 1. The highest BCUT2D eigenvalue weighted by Gasteiger charge is 2.26. The molecule has 1 aliphatic rings. The lowest BCUT2D eigenvalue weighted by atomic mass is 9.94. The Morgan fingerprint density at radius 1 is 1.25 bits per heavy atom. The van der Waals surface area contributed by atoms with E-state index in [0.717, 1.165) is 46.7 Å². The quantitative estimate of drug-likeness (QED) is 0.313. The van der Waals surface area contributed by atoms with E-state index in [-0.39, 0.29) is 17.2 Å². The van der Waals surface area contributed by atoms with Crippen LogP contribution in [0.1, 0.15) is 60.8 Å². The van der Waals surface area contributed by atoms with E-state index in [1.54, 1.807) is 35.2 Å². The Hall–Kier alpha value is -2.98. The van der Waals surface area contributed by atoms with Crippen molar-refractivity contribution in [2.75, 3.05) is 18.4 Å². The second-order valence-corrected chi connectivity index (χ2v) is 12.2. The third kappa shape index (κ3) is 6.82. The molecule has 4 heterocycles. The second-order valence-electron chi connectivity index (χ2n) is 9.82. The first kappa shape index (κ1) is 26.1. The lowest BCUT2D eigenvalue weighted by Gasteiger charge is -2.32. The number of carbonyl (C=O) groups is 2. The van der Waals surface area contributed by atoms with Gasteiger partial charge in [0.1, 0.15) is 11.5 Å². The minimum absolute atomic E-state index is 0.0502. The molecule has 0 saturated carbocycles. The Bertz CT molecular complexity index is 1210. The summed E-state index contributed by atoms with van der Waals surface area (Å²) in [7, 11) is 0. The van der Waals surface area contributed by atoms with Crippen LogP contribution in [-0.4, -0.2) is 44.8 Å². The number of pyridine rings is 1. The molecule has 2 amide bonds. The van der Waals surface area contributed by atoms with Crippen LogP contribution in [0.25, 0.3) is 0 Å². The number of rotatable bonds is 8. The molecule has 10 heteroatoms. The Kier molecular flexibility index (Phi) is 8.25. The zero-order valence-electron chi connectivity index (χ0n) is 20.8. The van der Waals surface area contributed by atoms with Gasteiger partial charge in [-0.25, -0.2) is 15.0 Å². The van der Waals surface area contributed by atoms with Gasteiger partial charge in [-0.3, -0.25) is 9.59 Å². The number of piperidine rings is 1. The van der Waals surface area contributed by atoms with Crippen LogP contribution in [-0.2, 0) is 22.4 Å². The van der Waals surface area contributed by atoms with E-state index in [9.17, 15) is 9.59 Å². The molecule has 1 fully saturated rings. The number of nitrogens with one attached hydrogen (secondary N) is 1. The zero-order chi connectivity index (χ0) is 25.7. The van der Waals surface area contributed by atoms with Gasteiger partial charge < -0.3 is 14.6 Å². The van der Waals surface area contributed by atoms with Crippen LogP contribution in [0.3, 0.4) is 0 Å². The van der Waals surface area contributed by atoms with E-state index in [4.69, 9.17) is 4.42 Å². The van der Waals surface area contributed by atoms with Gasteiger partial charge in [0.2, 0.25) is 11.8 Å². The summed E-state index contributed by atoms with van der Waals surface area (Å²) in [5.74, 6) is 2.25. The fourth-order valence-corrected chi connectivity index (χ4v) is 5.91. The molecule has 0 spiro atoms. The predicted octanol–water partition coefficient (Wildman–Crippen LogP) is 5.34. The molecule has 4 rings (SSSR count). The average Bonchev–Trinajstić information content (AvgIpc) is 3.52. The van der Waals surface area contributed by atoms with Gasteiger partial charge in [-0.05, 0) is 37.0 Å². The third-order valence-corrected chi connectivity index (χ3v) is 8.07. The van der Waals surface area contributed by atoms with Crippen LogP contribution in [0.15, 0.2) is 52.0 Å². The van der Waals surface area contributed by atoms with E-state index >= 15 is 0 Å². The predicted molar refractivity (Wildman–Crippen MR) is 142 cm³/mol. The molecule has 8 nitrogen and oxygen atoms in total. The van der Waals surface area contributed by atoms with Crippen molar-refractivity contribution < 1.29 is 14.0 Å². The molecule has 1 N–H and O–H groups in total.